The molecule has 0 bridgehead atoms. The molecule has 0 fully saturated rings. The maximum atomic E-state index is 7.00. The molecule has 224 valence electrons. The molecule has 6 heteroatoms. The molecule has 1 atom stereocenters. The molecule has 1 spiro atoms. The molecule has 5 nitrogen and oxygen atoms in total. The topological polar surface area (TPSA) is 26.3 Å². The number of benzene rings is 5. The lowest BCUT2D eigenvalue weighted by molar-refractivity contribution is -0.958. The fraction of sp³-hybridized carbons (Fsp3) is 0.0233. The molecule has 9 heterocycles. The van der Waals surface area contributed by atoms with Crippen molar-refractivity contribution >= 4 is 91.4 Å². The second kappa shape index (κ2) is 7.57. The second-order valence-electron chi connectivity index (χ2n) is 13.7. The molecule has 0 N–H and O–H groups in total. The first kappa shape index (κ1) is 24.0. The summed E-state index contributed by atoms with van der Waals surface area (Å²) in [7, 11) is 0. The average molecular weight is 643 g/mol. The maximum absolute atomic E-state index is 7.00. The van der Waals surface area contributed by atoms with Gasteiger partial charge in [0.1, 0.15) is 22.3 Å². The Kier molecular flexibility index (Phi) is 3.70. The van der Waals surface area contributed by atoms with Gasteiger partial charge in [-0.2, -0.15) is 13.5 Å². The van der Waals surface area contributed by atoms with E-state index in [1.165, 1.54) is 91.3 Å². The van der Waals surface area contributed by atoms with Gasteiger partial charge < -0.3 is 4.74 Å². The van der Waals surface area contributed by atoms with Gasteiger partial charge in [0.2, 0.25) is 5.69 Å². The van der Waals surface area contributed by atoms with Crippen LogP contribution in [0.15, 0.2) is 134 Å². The number of rotatable bonds is 0. The van der Waals surface area contributed by atoms with Crippen LogP contribution < -0.4 is 13.9 Å². The Morgan fingerprint density at radius 2 is 1.35 bits per heavy atom. The van der Waals surface area contributed by atoms with Crippen molar-refractivity contribution in [3.63, 3.8) is 0 Å². The van der Waals surface area contributed by atoms with E-state index in [0.717, 1.165) is 17.4 Å². The van der Waals surface area contributed by atoms with Crippen LogP contribution in [-0.2, 0) is 5.66 Å². The summed E-state index contributed by atoms with van der Waals surface area (Å²) in [5, 5.41) is 11.5. The highest BCUT2D eigenvalue weighted by atomic mass is 32.1. The highest BCUT2D eigenvalue weighted by Crippen LogP contribution is 2.55. The molecule has 3 aliphatic rings. The first-order valence-corrected chi connectivity index (χ1v) is 17.6. The van der Waals surface area contributed by atoms with Gasteiger partial charge in [-0.05, 0) is 66.7 Å². The Balaban J connectivity index is 1.31. The van der Waals surface area contributed by atoms with Gasteiger partial charge in [-0.1, -0.05) is 48.5 Å². The van der Waals surface area contributed by atoms with Crippen molar-refractivity contribution in [1.29, 1.82) is 0 Å². The summed E-state index contributed by atoms with van der Waals surface area (Å²) in [6.07, 6.45) is 2.28. The number of pyridine rings is 3. The van der Waals surface area contributed by atoms with Crippen LogP contribution in [-0.4, -0.2) is 8.97 Å². The van der Waals surface area contributed by atoms with E-state index in [2.05, 4.69) is 152 Å². The molecule has 1 unspecified atom stereocenters. The van der Waals surface area contributed by atoms with E-state index in [1.807, 2.05) is 11.3 Å². The number of ether oxygens (including phenoxy) is 1. The van der Waals surface area contributed by atoms with Gasteiger partial charge in [0.15, 0.2) is 5.52 Å². The van der Waals surface area contributed by atoms with E-state index in [9.17, 15) is 0 Å². The van der Waals surface area contributed by atoms with Gasteiger partial charge in [-0.3, -0.25) is 0 Å². The lowest BCUT2D eigenvalue weighted by Gasteiger charge is -2.34. The van der Waals surface area contributed by atoms with Crippen LogP contribution in [0.25, 0.3) is 85.9 Å². The highest BCUT2D eigenvalue weighted by Gasteiger charge is 2.67. The van der Waals surface area contributed by atoms with Crippen LogP contribution in [0.4, 0.5) is 0 Å². The van der Waals surface area contributed by atoms with Crippen LogP contribution in [0.1, 0.15) is 11.3 Å². The van der Waals surface area contributed by atoms with E-state index in [4.69, 9.17) is 4.74 Å². The summed E-state index contributed by atoms with van der Waals surface area (Å²) in [6.45, 7) is 0. The van der Waals surface area contributed by atoms with E-state index in [0.29, 0.717) is 0 Å². The Bertz CT molecular complexity index is 3440. The zero-order valence-electron chi connectivity index (χ0n) is 25.8. The first-order valence-electron chi connectivity index (χ1n) is 16.8. The smallest absolute Gasteiger partial charge is 0.354 e. The molecule has 6 aromatic heterocycles. The molecular formula is C43H22N4OS+2. The molecule has 49 heavy (non-hydrogen) atoms. The lowest BCUT2D eigenvalue weighted by atomic mass is 9.87. The average Bonchev–Trinajstić information content (AvgIpc) is 3.88. The summed E-state index contributed by atoms with van der Waals surface area (Å²) in [6, 6.07) is 47.1. The fourth-order valence-electron chi connectivity index (χ4n) is 9.99. The zero-order valence-corrected chi connectivity index (χ0v) is 26.6. The monoisotopic (exact) mass is 642 g/mol. The Morgan fingerprint density at radius 3 is 2.29 bits per heavy atom. The van der Waals surface area contributed by atoms with Gasteiger partial charge in [0.25, 0.3) is 11.7 Å². The molecule has 0 aliphatic carbocycles. The first-order chi connectivity index (χ1) is 24.3. The van der Waals surface area contributed by atoms with Crippen molar-refractivity contribution < 1.29 is 13.9 Å². The van der Waals surface area contributed by atoms with Crippen molar-refractivity contribution in [2.24, 2.45) is 0 Å². The van der Waals surface area contributed by atoms with E-state index in [-0.39, 0.29) is 0 Å². The van der Waals surface area contributed by atoms with Crippen molar-refractivity contribution in [2.45, 2.75) is 5.66 Å². The van der Waals surface area contributed by atoms with E-state index >= 15 is 0 Å². The maximum Gasteiger partial charge on any atom is 0.354 e. The number of nitrogens with zero attached hydrogens (tertiary/aromatic N) is 4. The number of hydrogen-bond acceptors (Lipinski definition) is 2. The van der Waals surface area contributed by atoms with Crippen LogP contribution in [0.3, 0.4) is 0 Å². The molecule has 14 rings (SSSR count). The number of aromatic nitrogens is 4. The SMILES string of the molecule is c1cc[n+]2c(c1)-n1c3ccccc3c3ccc4c(c31)C21c2c3ccccc3c3c5cc6sc7ccccc7c6cc5c5ccc([n+]1c5n23)O4. The van der Waals surface area contributed by atoms with Gasteiger partial charge in [-0.15, -0.1) is 15.9 Å². The third kappa shape index (κ3) is 2.35. The predicted octanol–water partition coefficient (Wildman–Crippen LogP) is 9.47. The van der Waals surface area contributed by atoms with E-state index in [1.54, 1.807) is 0 Å². The Hall–Kier alpha value is -6.24. The number of hydrogen-bond donors (Lipinski definition) is 0. The lowest BCUT2D eigenvalue weighted by Crippen LogP contribution is -2.76. The number of fused-ring (bicyclic) bond motifs is 14. The zero-order chi connectivity index (χ0) is 31.3. The van der Waals surface area contributed by atoms with Gasteiger partial charge in [0.05, 0.1) is 11.6 Å². The minimum absolute atomic E-state index is 0.723. The van der Waals surface area contributed by atoms with Crippen LogP contribution in [0.2, 0.25) is 0 Å². The Morgan fingerprint density at radius 1 is 0.571 bits per heavy atom. The number of thiophene rings is 1. The third-order valence-corrected chi connectivity index (χ3v) is 12.8. The molecule has 0 saturated carbocycles. The molecule has 0 amide bonds. The molecule has 0 radical (unpaired) electrons. The minimum atomic E-state index is -0.723. The number of para-hydroxylation sites is 1. The summed E-state index contributed by atoms with van der Waals surface area (Å²) in [5.74, 6) is 2.89. The molecule has 11 aromatic rings. The van der Waals surface area contributed by atoms with E-state index < -0.39 is 5.66 Å². The van der Waals surface area contributed by atoms with Crippen molar-refractivity contribution in [1.82, 2.24) is 8.97 Å². The highest BCUT2D eigenvalue weighted by molar-refractivity contribution is 7.25. The quantitative estimate of drug-likeness (QED) is 0.120. The summed E-state index contributed by atoms with van der Waals surface area (Å²) in [4.78, 5) is 0. The standard InChI is InChI=1S/C43H22N4OS/c1-2-12-27-25(11-1)39-31-22-35-30(24-10-4-6-14-34(24)49-35)21-29(31)28-17-19-37-47-42(28)46(39)41(27)43(47)38-33(48-37)18-16-26-23-9-3-5-13-32(23)45(40(26)38)36-15-7-8-20-44(36)43/h1-22H/q+2. The molecule has 0 saturated heterocycles. The third-order valence-electron chi connectivity index (χ3n) is 11.7. The second-order valence-corrected chi connectivity index (χ2v) is 14.8. The Labute approximate surface area is 281 Å². The van der Waals surface area contributed by atoms with Gasteiger partial charge in [0, 0.05) is 64.6 Å². The fourth-order valence-corrected chi connectivity index (χ4v) is 11.1. The summed E-state index contributed by atoms with van der Waals surface area (Å²) in [5.41, 5.74) is 6.57. The van der Waals surface area contributed by atoms with Crippen molar-refractivity contribution in [2.75, 3.05) is 0 Å². The normalized spacial score (nSPS) is 16.8. The van der Waals surface area contributed by atoms with Crippen LogP contribution >= 0.6 is 11.3 Å². The van der Waals surface area contributed by atoms with Crippen molar-refractivity contribution in [3.05, 3.63) is 145 Å². The van der Waals surface area contributed by atoms with Gasteiger partial charge >= 0.3 is 11.3 Å². The largest absolute Gasteiger partial charge is 0.422 e. The molecule has 3 aliphatic heterocycles. The van der Waals surface area contributed by atoms with Crippen molar-refractivity contribution in [3.8, 4) is 17.4 Å². The summed E-state index contributed by atoms with van der Waals surface area (Å²) >= 11 is 1.89. The minimum Gasteiger partial charge on any atom is -0.422 e. The predicted molar refractivity (Wildman–Crippen MR) is 196 cm³/mol. The van der Waals surface area contributed by atoms with Crippen LogP contribution in [0.5, 0.6) is 11.6 Å². The molecule has 5 aromatic carbocycles. The summed E-state index contributed by atoms with van der Waals surface area (Å²) < 4.78 is 19.7. The van der Waals surface area contributed by atoms with Gasteiger partial charge in [-0.25, -0.2) is 0 Å². The van der Waals surface area contributed by atoms with Crippen LogP contribution in [0, 0.1) is 0 Å². The molecular weight excluding hydrogens is 621 g/mol.